The SMILES string of the molecule is CC(C)COc1cccc(C(=O)N(C)[C@@H](C)c2nc3ccccc3s2)c1. The van der Waals surface area contributed by atoms with Gasteiger partial charge in [-0.2, -0.15) is 0 Å². The Morgan fingerprint density at radius 2 is 1.92 bits per heavy atom. The molecule has 0 aliphatic carbocycles. The fraction of sp³-hybridized carbons (Fsp3) is 0.333. The molecule has 4 nitrogen and oxygen atoms in total. The number of para-hydroxylation sites is 1. The number of amides is 1. The van der Waals surface area contributed by atoms with E-state index in [1.54, 1.807) is 16.2 Å². The third-order valence-corrected chi connectivity index (χ3v) is 5.44. The maximum atomic E-state index is 12.9. The van der Waals surface area contributed by atoms with Gasteiger partial charge in [0.1, 0.15) is 10.8 Å². The van der Waals surface area contributed by atoms with Crippen molar-refractivity contribution >= 4 is 27.5 Å². The van der Waals surface area contributed by atoms with Gasteiger partial charge in [-0.15, -0.1) is 11.3 Å². The molecule has 0 fully saturated rings. The normalized spacial score (nSPS) is 12.3. The highest BCUT2D eigenvalue weighted by Crippen LogP contribution is 2.29. The summed E-state index contributed by atoms with van der Waals surface area (Å²) >= 11 is 1.63. The molecular weight excluding hydrogens is 344 g/mol. The summed E-state index contributed by atoms with van der Waals surface area (Å²) in [6, 6.07) is 15.3. The Morgan fingerprint density at radius 1 is 1.15 bits per heavy atom. The molecule has 136 valence electrons. The van der Waals surface area contributed by atoms with Crippen molar-refractivity contribution in [3.05, 3.63) is 59.1 Å². The van der Waals surface area contributed by atoms with Crippen LogP contribution in [0.4, 0.5) is 0 Å². The predicted molar refractivity (Wildman–Crippen MR) is 107 cm³/mol. The van der Waals surface area contributed by atoms with Crippen molar-refractivity contribution in [3.8, 4) is 5.75 Å². The Balaban J connectivity index is 1.77. The van der Waals surface area contributed by atoms with Crippen molar-refractivity contribution in [2.24, 2.45) is 5.92 Å². The lowest BCUT2D eigenvalue weighted by Gasteiger charge is -2.23. The van der Waals surface area contributed by atoms with Gasteiger partial charge >= 0.3 is 0 Å². The van der Waals surface area contributed by atoms with Crippen molar-refractivity contribution in [3.63, 3.8) is 0 Å². The largest absolute Gasteiger partial charge is 0.493 e. The van der Waals surface area contributed by atoms with Crippen molar-refractivity contribution < 1.29 is 9.53 Å². The van der Waals surface area contributed by atoms with E-state index in [0.717, 1.165) is 21.0 Å². The monoisotopic (exact) mass is 368 g/mol. The summed E-state index contributed by atoms with van der Waals surface area (Å²) in [4.78, 5) is 19.3. The average Bonchev–Trinajstić information content (AvgIpc) is 3.09. The van der Waals surface area contributed by atoms with Crippen LogP contribution in [0.1, 0.15) is 42.2 Å². The molecule has 26 heavy (non-hydrogen) atoms. The first-order valence-corrected chi connectivity index (χ1v) is 9.63. The van der Waals surface area contributed by atoms with Gasteiger partial charge in [-0.1, -0.05) is 32.0 Å². The van der Waals surface area contributed by atoms with Crippen LogP contribution in [0, 0.1) is 5.92 Å². The van der Waals surface area contributed by atoms with Crippen LogP contribution in [0.3, 0.4) is 0 Å². The summed E-state index contributed by atoms with van der Waals surface area (Å²) in [6.45, 7) is 6.84. The molecule has 0 aliphatic rings. The van der Waals surface area contributed by atoms with Gasteiger partial charge < -0.3 is 9.64 Å². The van der Waals surface area contributed by atoms with E-state index in [4.69, 9.17) is 4.74 Å². The molecule has 3 aromatic rings. The Morgan fingerprint density at radius 3 is 2.65 bits per heavy atom. The molecule has 0 saturated heterocycles. The minimum Gasteiger partial charge on any atom is -0.493 e. The van der Waals surface area contributed by atoms with Crippen molar-refractivity contribution in [2.45, 2.75) is 26.8 Å². The van der Waals surface area contributed by atoms with E-state index in [1.807, 2.05) is 56.4 Å². The first-order chi connectivity index (χ1) is 12.5. The first kappa shape index (κ1) is 18.4. The maximum absolute atomic E-state index is 12.9. The fourth-order valence-corrected chi connectivity index (χ4v) is 3.66. The number of benzene rings is 2. The zero-order valence-corrected chi connectivity index (χ0v) is 16.4. The molecule has 2 aromatic carbocycles. The number of rotatable bonds is 6. The molecule has 0 spiro atoms. The van der Waals surface area contributed by atoms with Gasteiger partial charge in [0.05, 0.1) is 22.9 Å². The van der Waals surface area contributed by atoms with Crippen LogP contribution in [0.15, 0.2) is 48.5 Å². The Hall–Kier alpha value is -2.40. The molecule has 1 aromatic heterocycles. The first-order valence-electron chi connectivity index (χ1n) is 8.81. The number of thiazole rings is 1. The minimum absolute atomic E-state index is 0.0354. The standard InChI is InChI=1S/C21H24N2O2S/c1-14(2)13-25-17-9-7-8-16(12-17)21(24)23(4)15(3)20-22-18-10-5-6-11-19(18)26-20/h5-12,14-15H,13H2,1-4H3/t15-/m0/s1. The van der Waals surface area contributed by atoms with E-state index in [2.05, 4.69) is 24.9 Å². The number of carbonyl (C=O) groups excluding carboxylic acids is 1. The quantitative estimate of drug-likeness (QED) is 0.603. The molecule has 3 rings (SSSR count). The summed E-state index contributed by atoms with van der Waals surface area (Å²) in [5.41, 5.74) is 1.60. The van der Waals surface area contributed by atoms with Crippen LogP contribution < -0.4 is 4.74 Å². The van der Waals surface area contributed by atoms with Crippen LogP contribution >= 0.6 is 11.3 Å². The van der Waals surface area contributed by atoms with E-state index in [1.165, 1.54) is 0 Å². The topological polar surface area (TPSA) is 42.4 Å². The number of nitrogens with zero attached hydrogens (tertiary/aromatic N) is 2. The smallest absolute Gasteiger partial charge is 0.254 e. The van der Waals surface area contributed by atoms with Crippen LogP contribution in [0.2, 0.25) is 0 Å². The summed E-state index contributed by atoms with van der Waals surface area (Å²) < 4.78 is 6.88. The third-order valence-electron chi connectivity index (χ3n) is 4.23. The summed E-state index contributed by atoms with van der Waals surface area (Å²) in [7, 11) is 1.82. The molecule has 5 heteroatoms. The molecule has 1 amide bonds. The zero-order valence-electron chi connectivity index (χ0n) is 15.6. The van der Waals surface area contributed by atoms with E-state index >= 15 is 0 Å². The minimum atomic E-state index is -0.0971. The average molecular weight is 369 g/mol. The Kier molecular flexibility index (Phi) is 5.57. The number of hydrogen-bond acceptors (Lipinski definition) is 4. The van der Waals surface area contributed by atoms with Crippen molar-refractivity contribution in [2.75, 3.05) is 13.7 Å². The molecule has 0 N–H and O–H groups in total. The number of hydrogen-bond donors (Lipinski definition) is 0. The van der Waals surface area contributed by atoms with Crippen molar-refractivity contribution in [1.29, 1.82) is 0 Å². The zero-order chi connectivity index (χ0) is 18.7. The van der Waals surface area contributed by atoms with Gasteiger partial charge in [0.2, 0.25) is 0 Å². The highest BCUT2D eigenvalue weighted by molar-refractivity contribution is 7.18. The third kappa shape index (κ3) is 4.05. The molecular formula is C21H24N2O2S. The van der Waals surface area contributed by atoms with Crippen LogP contribution in [0.5, 0.6) is 5.75 Å². The lowest BCUT2D eigenvalue weighted by atomic mass is 10.1. The second-order valence-corrected chi connectivity index (χ2v) is 7.91. The number of aromatic nitrogens is 1. The van der Waals surface area contributed by atoms with Gasteiger partial charge in [0.25, 0.3) is 5.91 Å². The number of ether oxygens (including phenoxy) is 1. The predicted octanol–water partition coefficient (Wildman–Crippen LogP) is 5.16. The second kappa shape index (κ2) is 7.87. The highest BCUT2D eigenvalue weighted by Gasteiger charge is 2.22. The molecule has 1 atom stereocenters. The molecule has 0 aliphatic heterocycles. The highest BCUT2D eigenvalue weighted by atomic mass is 32.1. The number of fused-ring (bicyclic) bond motifs is 1. The lowest BCUT2D eigenvalue weighted by Crippen LogP contribution is -2.29. The van der Waals surface area contributed by atoms with E-state index < -0.39 is 0 Å². The number of carbonyl (C=O) groups is 1. The summed E-state index contributed by atoms with van der Waals surface area (Å²) in [5, 5.41) is 0.939. The Bertz CT molecular complexity index is 871. The molecule has 0 unspecified atom stereocenters. The van der Waals surface area contributed by atoms with Crippen molar-refractivity contribution in [1.82, 2.24) is 9.88 Å². The second-order valence-electron chi connectivity index (χ2n) is 6.84. The van der Waals surface area contributed by atoms with E-state index in [0.29, 0.717) is 18.1 Å². The van der Waals surface area contributed by atoms with Gasteiger partial charge in [-0.05, 0) is 43.2 Å². The molecule has 0 radical (unpaired) electrons. The lowest BCUT2D eigenvalue weighted by molar-refractivity contribution is 0.0742. The molecule has 1 heterocycles. The van der Waals surface area contributed by atoms with Gasteiger partial charge in [-0.25, -0.2) is 4.98 Å². The fourth-order valence-electron chi connectivity index (χ4n) is 2.60. The summed E-state index contributed by atoms with van der Waals surface area (Å²) in [6.07, 6.45) is 0. The maximum Gasteiger partial charge on any atom is 0.254 e. The van der Waals surface area contributed by atoms with Gasteiger partial charge in [0.15, 0.2) is 0 Å². The van der Waals surface area contributed by atoms with Crippen LogP contribution in [0.25, 0.3) is 10.2 Å². The van der Waals surface area contributed by atoms with E-state index in [-0.39, 0.29) is 11.9 Å². The Labute approximate surface area is 158 Å². The van der Waals surface area contributed by atoms with Crippen LogP contribution in [-0.2, 0) is 0 Å². The summed E-state index contributed by atoms with van der Waals surface area (Å²) in [5.74, 6) is 1.13. The molecule has 0 saturated carbocycles. The van der Waals surface area contributed by atoms with Gasteiger partial charge in [-0.3, -0.25) is 4.79 Å². The van der Waals surface area contributed by atoms with Gasteiger partial charge in [0, 0.05) is 12.6 Å². The van der Waals surface area contributed by atoms with Crippen LogP contribution in [-0.4, -0.2) is 29.4 Å². The van der Waals surface area contributed by atoms with E-state index in [9.17, 15) is 4.79 Å². The molecule has 0 bridgehead atoms.